The molecule has 4 heteroatoms. The molecule has 1 aromatic heterocycles. The van der Waals surface area contributed by atoms with E-state index in [2.05, 4.69) is 15.7 Å². The van der Waals surface area contributed by atoms with Crippen LogP contribution in [0.1, 0.15) is 11.7 Å². The predicted octanol–water partition coefficient (Wildman–Crippen LogP) is -0.237. The first-order valence-electron chi connectivity index (χ1n) is 3.42. The summed E-state index contributed by atoms with van der Waals surface area (Å²) in [5, 5.41) is 2.99. The average molecular weight is 152 g/mol. The van der Waals surface area contributed by atoms with Gasteiger partial charge >= 0.3 is 0 Å². The Hall–Kier alpha value is -0.970. The molecule has 1 heterocycles. The summed E-state index contributed by atoms with van der Waals surface area (Å²) in [6, 6.07) is 3.82. The molecule has 0 aliphatic carbocycles. The number of pyridine rings is 1. The quantitative estimate of drug-likeness (QED) is 0.318. The molecule has 60 valence electrons. The van der Waals surface area contributed by atoms with E-state index >= 15 is 0 Å². The molecule has 0 amide bonds. The van der Waals surface area contributed by atoms with Gasteiger partial charge in [-0.1, -0.05) is 6.07 Å². The van der Waals surface area contributed by atoms with Crippen LogP contribution in [0.2, 0.25) is 0 Å². The Bertz CT molecular complexity index is 195. The monoisotopic (exact) mass is 152 g/mol. The molecule has 1 unspecified atom stereocenters. The first-order chi connectivity index (χ1) is 5.38. The number of hydrazine groups is 1. The fourth-order valence-corrected chi connectivity index (χ4v) is 0.893. The Labute approximate surface area is 65.8 Å². The van der Waals surface area contributed by atoms with E-state index in [1.807, 2.05) is 19.2 Å². The summed E-state index contributed by atoms with van der Waals surface area (Å²) >= 11 is 0. The van der Waals surface area contributed by atoms with E-state index in [9.17, 15) is 0 Å². The van der Waals surface area contributed by atoms with Gasteiger partial charge in [0.05, 0.1) is 6.17 Å². The van der Waals surface area contributed by atoms with Crippen molar-refractivity contribution in [1.82, 2.24) is 15.7 Å². The lowest BCUT2D eigenvalue weighted by molar-refractivity contribution is 0.487. The molecule has 0 bridgehead atoms. The van der Waals surface area contributed by atoms with Crippen LogP contribution in [0.3, 0.4) is 0 Å². The third-order valence-electron chi connectivity index (χ3n) is 1.47. The fraction of sp³-hybridized carbons (Fsp3) is 0.286. The minimum Gasteiger partial charge on any atom is -0.300 e. The van der Waals surface area contributed by atoms with Crippen LogP contribution < -0.4 is 16.6 Å². The van der Waals surface area contributed by atoms with Crippen molar-refractivity contribution in [3.05, 3.63) is 30.1 Å². The van der Waals surface area contributed by atoms with Crippen molar-refractivity contribution in [1.29, 1.82) is 0 Å². The van der Waals surface area contributed by atoms with Crippen molar-refractivity contribution in [3.63, 3.8) is 0 Å². The lowest BCUT2D eigenvalue weighted by Gasteiger charge is -2.13. The maximum absolute atomic E-state index is 5.28. The molecule has 0 spiro atoms. The van der Waals surface area contributed by atoms with Gasteiger partial charge in [0.15, 0.2) is 0 Å². The normalized spacial score (nSPS) is 12.9. The van der Waals surface area contributed by atoms with E-state index in [-0.39, 0.29) is 6.17 Å². The molecule has 1 atom stereocenters. The summed E-state index contributed by atoms with van der Waals surface area (Å²) < 4.78 is 0. The molecule has 4 N–H and O–H groups in total. The van der Waals surface area contributed by atoms with Gasteiger partial charge in [-0.05, 0) is 13.1 Å². The second kappa shape index (κ2) is 4.02. The van der Waals surface area contributed by atoms with Crippen LogP contribution >= 0.6 is 0 Å². The zero-order valence-corrected chi connectivity index (χ0v) is 6.41. The van der Waals surface area contributed by atoms with E-state index in [1.165, 1.54) is 0 Å². The van der Waals surface area contributed by atoms with Crippen molar-refractivity contribution in [2.45, 2.75) is 6.17 Å². The molecular weight excluding hydrogens is 140 g/mol. The average Bonchev–Trinajstić information content (AvgIpc) is 2.09. The van der Waals surface area contributed by atoms with Crippen molar-refractivity contribution in [3.8, 4) is 0 Å². The first-order valence-corrected chi connectivity index (χ1v) is 3.42. The third-order valence-corrected chi connectivity index (χ3v) is 1.47. The summed E-state index contributed by atoms with van der Waals surface area (Å²) in [6.45, 7) is 0. The van der Waals surface area contributed by atoms with Gasteiger partial charge in [-0.15, -0.1) is 0 Å². The number of hydrogen-bond acceptors (Lipinski definition) is 4. The molecule has 4 nitrogen and oxygen atoms in total. The van der Waals surface area contributed by atoms with Crippen LogP contribution in [0.25, 0.3) is 0 Å². The number of nitrogens with zero attached hydrogens (tertiary/aromatic N) is 1. The number of nitrogens with one attached hydrogen (secondary N) is 2. The highest BCUT2D eigenvalue weighted by atomic mass is 15.3. The Morgan fingerprint density at radius 3 is 2.91 bits per heavy atom. The second-order valence-corrected chi connectivity index (χ2v) is 2.17. The van der Waals surface area contributed by atoms with Crippen molar-refractivity contribution >= 4 is 0 Å². The van der Waals surface area contributed by atoms with Crippen LogP contribution in [0.4, 0.5) is 0 Å². The first kappa shape index (κ1) is 8.13. The Balaban J connectivity index is 2.74. The lowest BCUT2D eigenvalue weighted by Crippen LogP contribution is -2.36. The van der Waals surface area contributed by atoms with E-state index < -0.39 is 0 Å². The molecule has 11 heavy (non-hydrogen) atoms. The molecule has 0 aromatic carbocycles. The van der Waals surface area contributed by atoms with Gasteiger partial charge in [-0.25, -0.2) is 5.43 Å². The van der Waals surface area contributed by atoms with E-state index in [4.69, 9.17) is 5.84 Å². The van der Waals surface area contributed by atoms with Gasteiger partial charge in [0.2, 0.25) is 0 Å². The molecular formula is C7H12N4. The molecule has 1 aromatic rings. The van der Waals surface area contributed by atoms with Crippen LogP contribution in [-0.4, -0.2) is 12.0 Å². The molecule has 0 saturated carbocycles. The topological polar surface area (TPSA) is 63.0 Å². The molecule has 0 fully saturated rings. The summed E-state index contributed by atoms with van der Waals surface area (Å²) in [4.78, 5) is 3.97. The number of aromatic nitrogens is 1. The largest absolute Gasteiger partial charge is 0.300 e. The number of nitrogens with two attached hydrogens (primary N) is 1. The fourth-order valence-electron chi connectivity index (χ4n) is 0.893. The maximum Gasteiger partial charge on any atom is 0.0973 e. The van der Waals surface area contributed by atoms with Gasteiger partial charge in [-0.2, -0.15) is 0 Å². The Morgan fingerprint density at radius 1 is 1.64 bits per heavy atom. The number of rotatable bonds is 3. The predicted molar refractivity (Wildman–Crippen MR) is 43.4 cm³/mol. The van der Waals surface area contributed by atoms with Gasteiger partial charge in [0.25, 0.3) is 0 Å². The summed E-state index contributed by atoms with van der Waals surface area (Å²) in [5.41, 5.74) is 3.64. The lowest BCUT2D eigenvalue weighted by atomic mass is 10.2. The standard InChI is InChI=1S/C7H12N4/c1-9-7(11-8)6-3-2-4-10-5-6/h2-5,7,9,11H,8H2,1H3. The molecule has 0 saturated heterocycles. The Morgan fingerprint density at radius 2 is 2.45 bits per heavy atom. The van der Waals surface area contributed by atoms with Gasteiger partial charge in [0.1, 0.15) is 0 Å². The summed E-state index contributed by atoms with van der Waals surface area (Å²) in [7, 11) is 1.83. The summed E-state index contributed by atoms with van der Waals surface area (Å²) in [5.74, 6) is 5.28. The van der Waals surface area contributed by atoms with Crippen molar-refractivity contribution in [2.75, 3.05) is 7.05 Å². The van der Waals surface area contributed by atoms with Crippen molar-refractivity contribution < 1.29 is 0 Å². The molecule has 1 rings (SSSR count). The highest BCUT2D eigenvalue weighted by Crippen LogP contribution is 2.04. The van der Waals surface area contributed by atoms with Gasteiger partial charge in [0, 0.05) is 18.0 Å². The van der Waals surface area contributed by atoms with E-state index in [1.54, 1.807) is 12.4 Å². The van der Waals surface area contributed by atoms with Crippen LogP contribution in [-0.2, 0) is 0 Å². The van der Waals surface area contributed by atoms with Gasteiger partial charge in [-0.3, -0.25) is 10.8 Å². The number of hydrogen-bond donors (Lipinski definition) is 3. The van der Waals surface area contributed by atoms with E-state index in [0.29, 0.717) is 0 Å². The smallest absolute Gasteiger partial charge is 0.0973 e. The molecule has 0 aliphatic heterocycles. The van der Waals surface area contributed by atoms with Crippen LogP contribution in [0, 0.1) is 0 Å². The zero-order chi connectivity index (χ0) is 8.10. The third kappa shape index (κ3) is 1.98. The van der Waals surface area contributed by atoms with E-state index in [0.717, 1.165) is 5.56 Å². The molecule has 0 aliphatic rings. The maximum atomic E-state index is 5.28. The summed E-state index contributed by atoms with van der Waals surface area (Å²) in [6.07, 6.45) is 3.47. The minimum atomic E-state index is -0.0244. The SMILES string of the molecule is CNC(NN)c1cccnc1. The minimum absolute atomic E-state index is 0.0244. The van der Waals surface area contributed by atoms with Gasteiger partial charge < -0.3 is 5.32 Å². The highest BCUT2D eigenvalue weighted by Gasteiger charge is 2.03. The molecule has 0 radical (unpaired) electrons. The van der Waals surface area contributed by atoms with Crippen LogP contribution in [0.15, 0.2) is 24.5 Å². The van der Waals surface area contributed by atoms with Crippen LogP contribution in [0.5, 0.6) is 0 Å². The van der Waals surface area contributed by atoms with Crippen molar-refractivity contribution in [2.24, 2.45) is 5.84 Å². The Kier molecular flexibility index (Phi) is 2.97. The second-order valence-electron chi connectivity index (χ2n) is 2.17. The highest BCUT2D eigenvalue weighted by molar-refractivity contribution is 5.12. The zero-order valence-electron chi connectivity index (χ0n) is 6.41.